The van der Waals surface area contributed by atoms with Crippen LogP contribution in [0.5, 0.6) is 0 Å². The highest BCUT2D eigenvalue weighted by Crippen LogP contribution is 2.65. The van der Waals surface area contributed by atoms with Gasteiger partial charge in [0.2, 0.25) is 29.4 Å². The van der Waals surface area contributed by atoms with Gasteiger partial charge in [-0.05, 0) is 47.3 Å². The number of hydrogen-bond donors (Lipinski definition) is 4. The summed E-state index contributed by atoms with van der Waals surface area (Å²) in [6.07, 6.45) is 9.06. The fourth-order valence-electron chi connectivity index (χ4n) is 8.53. The van der Waals surface area contributed by atoms with E-state index >= 15 is 0 Å². The van der Waals surface area contributed by atoms with Gasteiger partial charge in [-0.3, -0.25) is 33.7 Å². The average molecular weight is 743 g/mol. The van der Waals surface area contributed by atoms with E-state index in [-0.39, 0.29) is 54.4 Å². The molecule has 13 heteroatoms. The van der Waals surface area contributed by atoms with Crippen LogP contribution in [0.3, 0.4) is 0 Å². The molecule has 4 rings (SSSR count). The quantitative estimate of drug-likeness (QED) is 0.213. The Bertz CT molecular complexity index is 1380. The van der Waals surface area contributed by atoms with Gasteiger partial charge in [0.25, 0.3) is 5.91 Å². The first-order valence-electron chi connectivity index (χ1n) is 20.1. The Labute approximate surface area is 316 Å². The average Bonchev–Trinajstić information content (AvgIpc) is 3.36. The second-order valence-electron chi connectivity index (χ2n) is 18.5. The number of urea groups is 1. The van der Waals surface area contributed by atoms with E-state index in [1.165, 1.54) is 4.90 Å². The number of fused-ring (bicyclic) bond motifs is 3. The Kier molecular flexibility index (Phi) is 13.8. The summed E-state index contributed by atoms with van der Waals surface area (Å²) in [5, 5.41) is 11.5. The zero-order chi connectivity index (χ0) is 39.3. The number of carbonyl (C=O) groups excluding carboxylic acids is 7. The molecule has 0 aromatic carbocycles. The van der Waals surface area contributed by atoms with Crippen LogP contribution >= 0.6 is 0 Å². The number of Topliss-reactive ketones (excluding diaryl/α,β-unsaturated/α-hetero) is 1. The van der Waals surface area contributed by atoms with Crippen molar-refractivity contribution in [2.75, 3.05) is 19.6 Å². The second kappa shape index (κ2) is 17.3. The number of nitrogens with one attached hydrogen (secondary N) is 4. The molecule has 1 aliphatic carbocycles. The van der Waals surface area contributed by atoms with Gasteiger partial charge in [-0.15, -0.1) is 0 Å². The molecule has 4 N–H and O–H groups in total. The van der Waals surface area contributed by atoms with Gasteiger partial charge in [0.05, 0.1) is 12.1 Å². The molecule has 3 saturated heterocycles. The predicted molar refractivity (Wildman–Crippen MR) is 201 cm³/mol. The molecule has 0 aromatic heterocycles. The summed E-state index contributed by atoms with van der Waals surface area (Å²) in [5.41, 5.74) is -1.13. The smallest absolute Gasteiger partial charge is 0.315 e. The topological polar surface area (TPSA) is 174 Å². The van der Waals surface area contributed by atoms with Crippen molar-refractivity contribution < 1.29 is 33.6 Å². The van der Waals surface area contributed by atoms with Crippen molar-refractivity contribution in [3.8, 4) is 0 Å². The standard InChI is InChI=1S/C40H66N6O7/c1-9-20-41-35(51)33(49)26-18-16-14-12-10-11-13-15-17-19-27(36(52)46-23-25-31(40(25,7)8)32(46)34(50)42-26)43-37(53)44-28(38(2,3)4)24-45-29(47)21-39(5,6)22-30(45)48/h25-28,31-32H,9-24H2,1-8H3,(H,41,51)(H,42,50)(H2,43,44,53)/t25-,26-,27-,28+,31-,32-/m0/s1. The van der Waals surface area contributed by atoms with Gasteiger partial charge >= 0.3 is 6.03 Å². The number of ketones is 1. The molecule has 0 unspecified atom stereocenters. The van der Waals surface area contributed by atoms with E-state index in [0.717, 1.165) is 38.5 Å². The fraction of sp³-hybridized carbons (Fsp3) is 0.825. The van der Waals surface area contributed by atoms with Crippen molar-refractivity contribution in [3.63, 3.8) is 0 Å². The van der Waals surface area contributed by atoms with Crippen LogP contribution in [0.2, 0.25) is 0 Å². The molecule has 7 amide bonds. The summed E-state index contributed by atoms with van der Waals surface area (Å²) in [5.74, 6) is -2.76. The number of imide groups is 1. The van der Waals surface area contributed by atoms with Crippen LogP contribution in [-0.4, -0.2) is 95.0 Å². The summed E-state index contributed by atoms with van der Waals surface area (Å²) in [4.78, 5) is 97.4. The highest BCUT2D eigenvalue weighted by atomic mass is 16.2. The zero-order valence-corrected chi connectivity index (χ0v) is 33.5. The van der Waals surface area contributed by atoms with Crippen LogP contribution in [0.1, 0.15) is 139 Å². The molecule has 0 radical (unpaired) electrons. The van der Waals surface area contributed by atoms with Crippen molar-refractivity contribution >= 4 is 41.4 Å². The van der Waals surface area contributed by atoms with Gasteiger partial charge in [-0.25, -0.2) is 4.79 Å². The molecule has 3 heterocycles. The van der Waals surface area contributed by atoms with E-state index in [0.29, 0.717) is 45.2 Å². The van der Waals surface area contributed by atoms with Crippen LogP contribution < -0.4 is 21.3 Å². The summed E-state index contributed by atoms with van der Waals surface area (Å²) in [6.45, 7) is 16.3. The first-order chi connectivity index (χ1) is 24.8. The largest absolute Gasteiger partial charge is 0.349 e. The van der Waals surface area contributed by atoms with Crippen molar-refractivity contribution in [1.29, 1.82) is 0 Å². The zero-order valence-electron chi connectivity index (χ0n) is 33.5. The molecule has 6 atom stereocenters. The third-order valence-corrected chi connectivity index (χ3v) is 12.1. The SMILES string of the molecule is CCCNC(=O)C(=O)[C@@H]1CCCCCCCCCC[C@H](NC(=O)N[C@H](CN2C(=O)CC(C)(C)CC2=O)C(C)(C)C)C(=O)N2C[C@H]3[C@@H]([C@H]2C(=O)N1)C3(C)C. The number of rotatable bonds is 8. The van der Waals surface area contributed by atoms with Crippen LogP contribution in [0.25, 0.3) is 0 Å². The van der Waals surface area contributed by atoms with Gasteiger partial charge in [0, 0.05) is 32.5 Å². The molecule has 1 saturated carbocycles. The third-order valence-electron chi connectivity index (χ3n) is 12.1. The Hall–Kier alpha value is -3.51. The predicted octanol–water partition coefficient (Wildman–Crippen LogP) is 4.22. The highest BCUT2D eigenvalue weighted by Gasteiger charge is 2.69. The molecular formula is C40H66N6O7. The maximum absolute atomic E-state index is 14.5. The van der Waals surface area contributed by atoms with Crippen LogP contribution in [0, 0.1) is 28.1 Å². The van der Waals surface area contributed by atoms with Crippen LogP contribution in [0.15, 0.2) is 0 Å². The first kappa shape index (κ1) is 42.2. The molecule has 0 spiro atoms. The number of hydrogen-bond acceptors (Lipinski definition) is 7. The lowest BCUT2D eigenvalue weighted by Gasteiger charge is -2.40. The molecule has 0 bridgehead atoms. The normalized spacial score (nSPS) is 28.9. The third kappa shape index (κ3) is 10.6. The van der Waals surface area contributed by atoms with E-state index in [1.807, 2.05) is 41.5 Å². The minimum atomic E-state index is -0.994. The van der Waals surface area contributed by atoms with E-state index in [9.17, 15) is 33.6 Å². The minimum absolute atomic E-state index is 0.0203. The van der Waals surface area contributed by atoms with E-state index in [4.69, 9.17) is 0 Å². The molecule has 0 aromatic rings. The van der Waals surface area contributed by atoms with E-state index in [1.54, 1.807) is 4.90 Å². The molecule has 3 aliphatic heterocycles. The number of nitrogens with zero attached hydrogens (tertiary/aromatic N) is 2. The Morgan fingerprint density at radius 2 is 1.43 bits per heavy atom. The molecule has 298 valence electrons. The number of piperidine rings is 2. The second-order valence-corrected chi connectivity index (χ2v) is 18.5. The lowest BCUT2D eigenvalue weighted by Crippen LogP contribution is -2.61. The van der Waals surface area contributed by atoms with E-state index < -0.39 is 58.6 Å². The Morgan fingerprint density at radius 1 is 0.868 bits per heavy atom. The van der Waals surface area contributed by atoms with Crippen molar-refractivity contribution in [3.05, 3.63) is 0 Å². The number of likely N-dealkylation sites (tertiary alicyclic amines) is 1. The van der Waals surface area contributed by atoms with Gasteiger partial charge in [-0.1, -0.05) is 107 Å². The Morgan fingerprint density at radius 3 is 2.00 bits per heavy atom. The maximum Gasteiger partial charge on any atom is 0.315 e. The van der Waals surface area contributed by atoms with Crippen molar-refractivity contribution in [2.45, 2.75) is 163 Å². The van der Waals surface area contributed by atoms with Crippen LogP contribution in [-0.2, 0) is 28.8 Å². The molecule has 53 heavy (non-hydrogen) atoms. The van der Waals surface area contributed by atoms with Crippen molar-refractivity contribution in [2.24, 2.45) is 28.1 Å². The molecule has 4 aliphatic rings. The maximum atomic E-state index is 14.5. The molecular weight excluding hydrogens is 676 g/mol. The van der Waals surface area contributed by atoms with Gasteiger partial charge in [-0.2, -0.15) is 0 Å². The van der Waals surface area contributed by atoms with Crippen molar-refractivity contribution in [1.82, 2.24) is 31.1 Å². The highest BCUT2D eigenvalue weighted by molar-refractivity contribution is 6.38. The number of amides is 7. The van der Waals surface area contributed by atoms with Gasteiger partial charge in [0.1, 0.15) is 12.1 Å². The lowest BCUT2D eigenvalue weighted by atomic mass is 9.80. The molecule has 13 nitrogen and oxygen atoms in total. The summed E-state index contributed by atoms with van der Waals surface area (Å²) in [7, 11) is 0. The van der Waals surface area contributed by atoms with Gasteiger partial charge in [0.15, 0.2) is 0 Å². The summed E-state index contributed by atoms with van der Waals surface area (Å²) in [6, 6.07) is -3.93. The summed E-state index contributed by atoms with van der Waals surface area (Å²) < 4.78 is 0. The lowest BCUT2D eigenvalue weighted by molar-refractivity contribution is -0.153. The molecule has 4 fully saturated rings. The Balaban J connectivity index is 1.55. The fourth-order valence-corrected chi connectivity index (χ4v) is 8.53. The van der Waals surface area contributed by atoms with Crippen LogP contribution in [0.4, 0.5) is 4.79 Å². The monoisotopic (exact) mass is 742 g/mol. The first-order valence-corrected chi connectivity index (χ1v) is 20.1. The summed E-state index contributed by atoms with van der Waals surface area (Å²) >= 11 is 0. The van der Waals surface area contributed by atoms with Gasteiger partial charge < -0.3 is 26.2 Å². The number of carbonyl (C=O) groups is 7. The minimum Gasteiger partial charge on any atom is -0.349 e. The van der Waals surface area contributed by atoms with E-state index in [2.05, 4.69) is 35.1 Å².